The number of hydrogen-bond acceptors (Lipinski definition) is 2. The molecule has 0 bridgehead atoms. The minimum absolute atomic E-state index is 0.101. The molecule has 0 unspecified atom stereocenters. The van der Waals surface area contributed by atoms with Crippen LogP contribution in [0.2, 0.25) is 0 Å². The third kappa shape index (κ3) is 3.94. The molecular formula is C24H28B2O2. The fourth-order valence-corrected chi connectivity index (χ4v) is 3.47. The van der Waals surface area contributed by atoms with E-state index in [0.717, 1.165) is 10.9 Å². The van der Waals surface area contributed by atoms with Crippen LogP contribution in [0.4, 0.5) is 0 Å². The van der Waals surface area contributed by atoms with Gasteiger partial charge in [0.15, 0.2) is 0 Å². The van der Waals surface area contributed by atoms with Crippen LogP contribution in [0.1, 0.15) is 27.7 Å². The number of rotatable bonds is 6. The molecule has 142 valence electrons. The fourth-order valence-electron chi connectivity index (χ4n) is 3.47. The summed E-state index contributed by atoms with van der Waals surface area (Å²) in [6, 6.07) is 19.0. The average molecular weight is 370 g/mol. The Kier molecular flexibility index (Phi) is 5.83. The van der Waals surface area contributed by atoms with Gasteiger partial charge in [0.1, 0.15) is 0 Å². The third-order valence-electron chi connectivity index (χ3n) is 5.81. The van der Waals surface area contributed by atoms with Crippen LogP contribution in [0.25, 0.3) is 0 Å². The lowest BCUT2D eigenvalue weighted by molar-refractivity contribution is 0.00578. The van der Waals surface area contributed by atoms with Gasteiger partial charge in [-0.3, -0.25) is 0 Å². The monoisotopic (exact) mass is 370 g/mol. The molecule has 1 heterocycles. The Bertz CT molecular complexity index is 851. The summed E-state index contributed by atoms with van der Waals surface area (Å²) in [6.07, 6.45) is 5.74. The first kappa shape index (κ1) is 20.4. The van der Waals surface area contributed by atoms with Crippen LogP contribution in [-0.2, 0) is 9.31 Å². The average Bonchev–Trinajstić information content (AvgIpc) is 2.90. The van der Waals surface area contributed by atoms with Gasteiger partial charge < -0.3 is 9.31 Å². The third-order valence-corrected chi connectivity index (χ3v) is 5.81. The zero-order chi connectivity index (χ0) is 20.4. The van der Waals surface area contributed by atoms with E-state index in [9.17, 15) is 0 Å². The highest BCUT2D eigenvalue weighted by Crippen LogP contribution is 2.36. The second kappa shape index (κ2) is 7.98. The summed E-state index contributed by atoms with van der Waals surface area (Å²) in [5, 5.41) is 0. The molecule has 0 radical (unpaired) electrons. The first-order chi connectivity index (χ1) is 13.3. The Labute approximate surface area is 170 Å². The van der Waals surface area contributed by atoms with Crippen molar-refractivity contribution in [2.75, 3.05) is 0 Å². The van der Waals surface area contributed by atoms with Crippen molar-refractivity contribution in [3.05, 3.63) is 91.5 Å². The number of allylic oxidation sites excluding steroid dienone is 4. The molecule has 1 aliphatic heterocycles. The molecule has 1 aliphatic rings. The Morgan fingerprint density at radius 2 is 1.39 bits per heavy atom. The van der Waals surface area contributed by atoms with E-state index >= 15 is 0 Å². The molecule has 2 aromatic rings. The van der Waals surface area contributed by atoms with Gasteiger partial charge in [-0.1, -0.05) is 102 Å². The smallest absolute Gasteiger partial charge is 0.399 e. The summed E-state index contributed by atoms with van der Waals surface area (Å²) >= 11 is 0. The maximum Gasteiger partial charge on any atom is 0.494 e. The minimum atomic E-state index is -0.350. The Balaban J connectivity index is 1.94. The first-order valence-electron chi connectivity index (χ1n) is 9.74. The van der Waals surface area contributed by atoms with E-state index in [1.54, 1.807) is 0 Å². The van der Waals surface area contributed by atoms with Crippen molar-refractivity contribution in [2.45, 2.75) is 38.9 Å². The van der Waals surface area contributed by atoms with Crippen LogP contribution >= 0.6 is 0 Å². The zero-order valence-electron chi connectivity index (χ0n) is 17.3. The van der Waals surface area contributed by atoms with E-state index in [0.29, 0.717) is 0 Å². The van der Waals surface area contributed by atoms with Crippen molar-refractivity contribution >= 4 is 30.2 Å². The maximum absolute atomic E-state index is 6.18. The molecule has 2 nitrogen and oxygen atoms in total. The van der Waals surface area contributed by atoms with Gasteiger partial charge in [-0.25, -0.2) is 0 Å². The van der Waals surface area contributed by atoms with Crippen LogP contribution in [0.3, 0.4) is 0 Å². The van der Waals surface area contributed by atoms with Crippen molar-refractivity contribution < 1.29 is 9.31 Å². The second-order valence-electron chi connectivity index (χ2n) is 8.21. The molecule has 0 N–H and O–H groups in total. The van der Waals surface area contributed by atoms with Crippen molar-refractivity contribution in [3.63, 3.8) is 0 Å². The van der Waals surface area contributed by atoms with Crippen molar-refractivity contribution in [3.8, 4) is 0 Å². The standard InChI is InChI=1S/C24H28B2O2/c1-7-12-19(8-2)25(20-13-10-9-11-14-20)21-15-17-22(18-16-21)26-27-23(3,4)24(5,6)28-26/h7-18H,1-2H2,3-6H3/b19-12+. The van der Waals surface area contributed by atoms with Crippen LogP contribution in [0, 0.1) is 0 Å². The van der Waals surface area contributed by atoms with E-state index in [1.807, 2.05) is 24.3 Å². The summed E-state index contributed by atoms with van der Waals surface area (Å²) in [4.78, 5) is 0. The van der Waals surface area contributed by atoms with Crippen LogP contribution in [0.15, 0.2) is 91.5 Å². The fraction of sp³-hybridized carbons (Fsp3) is 0.250. The van der Waals surface area contributed by atoms with E-state index < -0.39 is 0 Å². The molecule has 4 heteroatoms. The minimum Gasteiger partial charge on any atom is -0.399 e. The van der Waals surface area contributed by atoms with Crippen LogP contribution in [0.5, 0.6) is 0 Å². The van der Waals surface area contributed by atoms with E-state index in [4.69, 9.17) is 9.31 Å². The summed E-state index contributed by atoms with van der Waals surface area (Å²) in [5.41, 5.74) is 3.88. The molecule has 0 amide bonds. The normalized spacial score (nSPS) is 18.0. The van der Waals surface area contributed by atoms with Gasteiger partial charge in [0.05, 0.1) is 11.2 Å². The topological polar surface area (TPSA) is 18.5 Å². The highest BCUT2D eigenvalue weighted by Gasteiger charge is 2.51. The van der Waals surface area contributed by atoms with E-state index in [1.165, 1.54) is 10.9 Å². The molecule has 2 aromatic carbocycles. The lowest BCUT2D eigenvalue weighted by atomic mass is 9.36. The van der Waals surface area contributed by atoms with Crippen molar-refractivity contribution in [1.82, 2.24) is 0 Å². The van der Waals surface area contributed by atoms with Gasteiger partial charge >= 0.3 is 7.12 Å². The van der Waals surface area contributed by atoms with Crippen LogP contribution < -0.4 is 16.4 Å². The quantitative estimate of drug-likeness (QED) is 0.573. The molecule has 1 saturated heterocycles. The number of benzene rings is 2. The summed E-state index contributed by atoms with van der Waals surface area (Å²) in [7, 11) is -0.350. The summed E-state index contributed by atoms with van der Waals surface area (Å²) in [6.45, 7) is 16.3. The largest absolute Gasteiger partial charge is 0.494 e. The molecular weight excluding hydrogens is 342 g/mol. The predicted molar refractivity (Wildman–Crippen MR) is 122 cm³/mol. The Morgan fingerprint density at radius 3 is 1.89 bits per heavy atom. The van der Waals surface area contributed by atoms with E-state index in [2.05, 4.69) is 89.4 Å². The lowest BCUT2D eigenvalue weighted by Crippen LogP contribution is -2.45. The maximum atomic E-state index is 6.18. The van der Waals surface area contributed by atoms with Crippen molar-refractivity contribution in [2.24, 2.45) is 0 Å². The Hall–Kier alpha value is -2.29. The molecule has 0 atom stereocenters. The summed E-state index contributed by atoms with van der Waals surface area (Å²) < 4.78 is 12.4. The van der Waals surface area contributed by atoms with Crippen molar-refractivity contribution in [1.29, 1.82) is 0 Å². The van der Waals surface area contributed by atoms with Gasteiger partial charge in [0.2, 0.25) is 6.71 Å². The highest BCUT2D eigenvalue weighted by molar-refractivity contribution is 6.91. The highest BCUT2D eigenvalue weighted by atomic mass is 16.7. The Morgan fingerprint density at radius 1 is 0.857 bits per heavy atom. The van der Waals surface area contributed by atoms with Gasteiger partial charge in [-0.15, -0.1) is 0 Å². The first-order valence-corrected chi connectivity index (χ1v) is 9.74. The SMILES string of the molecule is C=C/C=C(\C=C)B(c1ccccc1)c1ccc(B2OC(C)(C)C(C)(C)O2)cc1. The predicted octanol–water partition coefficient (Wildman–Crippen LogP) is 3.43. The molecule has 28 heavy (non-hydrogen) atoms. The molecule has 0 spiro atoms. The van der Waals surface area contributed by atoms with E-state index in [-0.39, 0.29) is 25.0 Å². The summed E-state index contributed by atoms with van der Waals surface area (Å²) in [5.74, 6) is 0. The lowest BCUT2D eigenvalue weighted by Gasteiger charge is -2.32. The molecule has 3 rings (SSSR count). The molecule has 0 saturated carbocycles. The van der Waals surface area contributed by atoms with Gasteiger partial charge in [0, 0.05) is 0 Å². The molecule has 1 fully saturated rings. The molecule has 0 aliphatic carbocycles. The van der Waals surface area contributed by atoms with Gasteiger partial charge in [-0.05, 0) is 33.2 Å². The number of hydrogen-bond donors (Lipinski definition) is 0. The zero-order valence-corrected chi connectivity index (χ0v) is 17.3. The van der Waals surface area contributed by atoms with Gasteiger partial charge in [0.25, 0.3) is 0 Å². The van der Waals surface area contributed by atoms with Gasteiger partial charge in [-0.2, -0.15) is 0 Å². The van der Waals surface area contributed by atoms with Crippen LogP contribution in [-0.4, -0.2) is 25.0 Å². The second-order valence-corrected chi connectivity index (χ2v) is 8.21. The molecule has 0 aromatic heterocycles.